The van der Waals surface area contributed by atoms with Crippen LogP contribution >= 0.6 is 0 Å². The fourth-order valence-corrected chi connectivity index (χ4v) is 56.8. The fraction of sp³-hybridized carbons (Fsp3) is 0.955. The number of carbonyl (C=O) groups excluding carboxylic acids is 1. The summed E-state index contributed by atoms with van der Waals surface area (Å²) in [5.41, 5.74) is 0.429. The molecule has 0 aromatic heterocycles. The number of esters is 1. The van der Waals surface area contributed by atoms with Crippen molar-refractivity contribution in [3.05, 3.63) is 12.2 Å². The maximum absolute atomic E-state index is 11.7. The van der Waals surface area contributed by atoms with Crippen LogP contribution in [0.2, 0.25) is 153 Å². The molecule has 5 aliphatic rings. The van der Waals surface area contributed by atoms with Gasteiger partial charge in [-0.05, 0) is 217 Å². The lowest BCUT2D eigenvalue weighted by atomic mass is 10.4. The molecule has 33 heteroatoms. The Bertz CT molecular complexity index is 2110. The second kappa shape index (κ2) is 49.4. The van der Waals surface area contributed by atoms with E-state index in [9.17, 15) is 4.79 Å². The molecule has 5 saturated heterocycles. The smallest absolute Gasteiger partial charge is 0.333 e. The van der Waals surface area contributed by atoms with Gasteiger partial charge in [0, 0.05) is 58.4 Å². The minimum atomic E-state index is -2.35. The van der Waals surface area contributed by atoms with Crippen LogP contribution in [0, 0.1) is 0 Å². The number of aliphatic hydroxyl groups is 3. The zero-order valence-corrected chi connectivity index (χ0v) is 73.7. The molecule has 0 amide bonds. The van der Waals surface area contributed by atoms with E-state index in [0.29, 0.717) is 109 Å². The molecular formula is C66H142O24Si9. The summed E-state index contributed by atoms with van der Waals surface area (Å²) in [6, 6.07) is 9.13. The van der Waals surface area contributed by atoms with Gasteiger partial charge in [-0.3, -0.25) is 0 Å². The lowest BCUT2D eigenvalue weighted by Crippen LogP contribution is -2.53. The Morgan fingerprint density at radius 2 is 0.556 bits per heavy atom. The molecule has 5 fully saturated rings. The average Bonchev–Trinajstić information content (AvgIpc) is 1.18. The Kier molecular flexibility index (Phi) is 46.6. The maximum atomic E-state index is 11.7. The monoisotopic (exact) mass is 1570 g/mol. The first-order valence-electron chi connectivity index (χ1n) is 37.2. The second-order valence-corrected chi connectivity index (χ2v) is 68.2. The van der Waals surface area contributed by atoms with Crippen molar-refractivity contribution in [2.75, 3.05) is 159 Å². The van der Waals surface area contributed by atoms with E-state index >= 15 is 0 Å². The lowest BCUT2D eigenvalue weighted by Gasteiger charge is -2.40. The molecule has 8 unspecified atom stereocenters. The molecule has 0 aliphatic carbocycles. The number of hydrogen-bond donors (Lipinski definition) is 3. The Morgan fingerprint density at radius 1 is 0.333 bits per heavy atom. The third-order valence-electron chi connectivity index (χ3n) is 16.7. The summed E-state index contributed by atoms with van der Waals surface area (Å²) in [4.78, 5) is 11.7. The minimum Gasteiger partial charge on any atom is -0.462 e. The van der Waals surface area contributed by atoms with Gasteiger partial charge in [-0.1, -0.05) is 6.58 Å². The van der Waals surface area contributed by atoms with E-state index in [-0.39, 0.29) is 32.1 Å². The molecule has 0 bridgehead atoms. The Balaban J connectivity index is 0.000000387. The first-order valence-corrected chi connectivity index (χ1v) is 63.5. The topological polar surface area (TPSA) is 279 Å². The number of epoxide rings is 5. The molecule has 3 N–H and O–H groups in total. The van der Waals surface area contributed by atoms with Gasteiger partial charge in [-0.25, -0.2) is 4.79 Å². The molecule has 5 rings (SSSR count). The summed E-state index contributed by atoms with van der Waals surface area (Å²) in [5, 5.41) is 26.6. The zero-order valence-electron chi connectivity index (χ0n) is 64.7. The van der Waals surface area contributed by atoms with Crippen LogP contribution in [0.25, 0.3) is 0 Å². The van der Waals surface area contributed by atoms with Crippen LogP contribution in [0.5, 0.6) is 0 Å². The van der Waals surface area contributed by atoms with Gasteiger partial charge in [-0.15, -0.1) is 0 Å². The van der Waals surface area contributed by atoms with E-state index in [1.54, 1.807) is 6.92 Å². The molecule has 0 spiro atoms. The zero-order chi connectivity index (χ0) is 73.4. The van der Waals surface area contributed by atoms with Crippen LogP contribution in [-0.2, 0) is 95.8 Å². The standard InChI is InChI=1S/C24H48O8Si3.C21H46O8Si3.C21H48O8Si3/c1-21(2)24(25)28-13-10-16-35(7,15-9-12-27-18-23-20-30-23)32-34(5,6)31-33(3,4)14-8-11-26-17-22-19-29-22;1-30(2,12-6-9-23-15-20-17-26-20)28-31(3,4)29-32(5,14-8-11-25-19-22)13-7-10-24-16-21-18-27-21;1-30(2,16-6-11-24-14-9-22)28-31(3,4)29-32(5,17-7-12-25-15-10-23)18-8-13-26-19-21-20-27-21/h22-23H,1,8-20H2,2-7H3;20-22H,6-19H2,1-5H3;21-23H,6-20H2,1-5H3. The van der Waals surface area contributed by atoms with Gasteiger partial charge in [0.25, 0.3) is 0 Å². The third kappa shape index (κ3) is 52.9. The summed E-state index contributed by atoms with van der Waals surface area (Å²) in [7, 11) is -18.6. The van der Waals surface area contributed by atoms with Gasteiger partial charge in [0.15, 0.2) is 49.9 Å². The van der Waals surface area contributed by atoms with Crippen LogP contribution in [0.15, 0.2) is 12.2 Å². The SMILES string of the molecule is C=C(C)C(=O)OCCC[Si](C)(CCCOCC1CO1)O[Si](C)(C)O[Si](C)(C)CCCOCC1CO1.C[Si](C)(CCCOCC1CO1)O[Si](C)(C)O[Si](C)(CCCOCO)CCCOCC1CO1.C[Si](C)(CCCOCCO)O[Si](C)(C)O[Si](C)(CCCOCCO)CCCOCC1CO1. The molecule has 24 nitrogen and oxygen atoms in total. The molecule has 5 aliphatic heterocycles. The maximum Gasteiger partial charge on any atom is 0.333 e. The van der Waals surface area contributed by atoms with Gasteiger partial charge in [-0.2, -0.15) is 0 Å². The Morgan fingerprint density at radius 3 is 0.778 bits per heavy atom. The van der Waals surface area contributed by atoms with Crippen LogP contribution in [0.1, 0.15) is 64.7 Å². The highest BCUT2D eigenvalue weighted by atomic mass is 28.5. The first-order chi connectivity index (χ1) is 46.6. The molecule has 0 radical (unpaired) electrons. The van der Waals surface area contributed by atoms with Gasteiger partial charge < -0.3 is 106 Å². The van der Waals surface area contributed by atoms with E-state index in [1.807, 2.05) is 0 Å². The summed E-state index contributed by atoms with van der Waals surface area (Å²) in [6.45, 7) is 53.3. The van der Waals surface area contributed by atoms with Crippen molar-refractivity contribution in [3.63, 3.8) is 0 Å². The molecular weight excluding hydrogens is 1430 g/mol. The predicted octanol–water partition coefficient (Wildman–Crippen LogP) is 11.2. The van der Waals surface area contributed by atoms with Crippen molar-refractivity contribution in [3.8, 4) is 0 Å². The minimum absolute atomic E-state index is 0.0613. The van der Waals surface area contributed by atoms with Crippen molar-refractivity contribution in [2.45, 2.75) is 248 Å². The second-order valence-electron chi connectivity index (χ2n) is 31.1. The van der Waals surface area contributed by atoms with E-state index < -0.39 is 75.6 Å². The molecule has 0 aromatic carbocycles. The first kappa shape index (κ1) is 93.5. The molecule has 0 saturated carbocycles. The molecule has 0 aromatic rings. The third-order valence-corrected chi connectivity index (χ3v) is 54.2. The summed E-state index contributed by atoms with van der Waals surface area (Å²) >= 11 is 0. The van der Waals surface area contributed by atoms with Crippen LogP contribution in [-0.4, -0.2) is 286 Å². The predicted molar refractivity (Wildman–Crippen MR) is 408 cm³/mol. The number of aliphatic hydroxyl groups excluding tert-OH is 3. The number of rotatable bonds is 64. The largest absolute Gasteiger partial charge is 0.462 e. The van der Waals surface area contributed by atoms with Gasteiger partial charge in [0.05, 0.1) is 99.1 Å². The Labute approximate surface area is 607 Å². The van der Waals surface area contributed by atoms with E-state index in [4.69, 9.17) is 106 Å². The molecule has 99 heavy (non-hydrogen) atoms. The Hall–Kier alpha value is 0.282. The van der Waals surface area contributed by atoms with Gasteiger partial charge >= 0.3 is 31.7 Å². The van der Waals surface area contributed by atoms with Crippen LogP contribution in [0.3, 0.4) is 0 Å². The van der Waals surface area contributed by atoms with Crippen molar-refractivity contribution in [1.29, 1.82) is 0 Å². The fourth-order valence-electron chi connectivity index (χ4n) is 12.2. The molecule has 586 valence electrons. The highest BCUT2D eigenvalue weighted by Crippen LogP contribution is 2.34. The lowest BCUT2D eigenvalue weighted by molar-refractivity contribution is -0.138. The van der Waals surface area contributed by atoms with Crippen molar-refractivity contribution in [1.82, 2.24) is 0 Å². The van der Waals surface area contributed by atoms with E-state index in [2.05, 4.69) is 105 Å². The number of ether oxygens (including phenoxy) is 14. The highest BCUT2D eigenvalue weighted by molar-refractivity contribution is 6.90. The van der Waals surface area contributed by atoms with E-state index in [1.165, 1.54) is 0 Å². The number of carbonyl (C=O) groups is 1. The normalized spacial score (nSPS) is 20.9. The summed E-state index contributed by atoms with van der Waals surface area (Å²) < 4.78 is 117. The quantitative estimate of drug-likeness (QED) is 0.0127. The molecule has 8 atom stereocenters. The summed E-state index contributed by atoms with van der Waals surface area (Å²) in [5.74, 6) is -0.329. The molecule has 5 heterocycles. The van der Waals surface area contributed by atoms with Gasteiger partial charge in [0.1, 0.15) is 37.3 Å². The van der Waals surface area contributed by atoms with Crippen molar-refractivity contribution < 1.29 is 111 Å². The summed E-state index contributed by atoms with van der Waals surface area (Å²) in [6.07, 6.45) is 10.1. The van der Waals surface area contributed by atoms with E-state index in [0.717, 1.165) is 172 Å². The average molecular weight is 1570 g/mol. The highest BCUT2D eigenvalue weighted by Gasteiger charge is 2.45. The van der Waals surface area contributed by atoms with Crippen molar-refractivity contribution >= 4 is 81.6 Å². The number of hydrogen-bond acceptors (Lipinski definition) is 24. The van der Waals surface area contributed by atoms with Crippen LogP contribution in [0.4, 0.5) is 0 Å². The van der Waals surface area contributed by atoms with Crippen LogP contribution < -0.4 is 0 Å². The van der Waals surface area contributed by atoms with Crippen molar-refractivity contribution in [2.24, 2.45) is 0 Å². The van der Waals surface area contributed by atoms with Gasteiger partial charge in [0.2, 0.25) is 0 Å².